The summed E-state index contributed by atoms with van der Waals surface area (Å²) in [4.78, 5) is 36.9. The molecule has 2 amide bonds. The summed E-state index contributed by atoms with van der Waals surface area (Å²) in [6.07, 6.45) is -0.643. The predicted molar refractivity (Wildman–Crippen MR) is 120 cm³/mol. The van der Waals surface area contributed by atoms with Crippen molar-refractivity contribution in [2.75, 3.05) is 13.1 Å². The van der Waals surface area contributed by atoms with Gasteiger partial charge in [0, 0.05) is 42.8 Å². The Hall–Kier alpha value is -2.17. The maximum absolute atomic E-state index is 13.2. The van der Waals surface area contributed by atoms with Gasteiger partial charge in [-0.25, -0.2) is 4.79 Å². The van der Waals surface area contributed by atoms with E-state index in [0.29, 0.717) is 12.1 Å². The third kappa shape index (κ3) is 4.92. The van der Waals surface area contributed by atoms with E-state index in [1.807, 2.05) is 13.8 Å². The Morgan fingerprint density at radius 3 is 2.31 bits per heavy atom. The molecule has 0 aliphatic carbocycles. The molecule has 0 saturated carbocycles. The van der Waals surface area contributed by atoms with Crippen LogP contribution in [0.25, 0.3) is 0 Å². The van der Waals surface area contributed by atoms with Gasteiger partial charge in [0.15, 0.2) is 5.72 Å². The SMILES string of the molecule is CC(=O)N(Cl)CC1(O[Si])N(C(=O)OCc2ccc([N+](=O)[O-])cc2)CC(C(C)(C)C)C1(C)C. The summed E-state index contributed by atoms with van der Waals surface area (Å²) in [5.74, 6) is -0.403. The largest absolute Gasteiger partial charge is 0.444 e. The first kappa shape index (κ1) is 26.1. The van der Waals surface area contributed by atoms with E-state index in [0.717, 1.165) is 4.42 Å². The molecule has 2 rings (SSSR count). The van der Waals surface area contributed by atoms with Gasteiger partial charge in [0.05, 0.1) is 11.5 Å². The van der Waals surface area contributed by atoms with Crippen LogP contribution < -0.4 is 0 Å². The van der Waals surface area contributed by atoms with Gasteiger partial charge in [-0.15, -0.1) is 0 Å². The zero-order chi connectivity index (χ0) is 24.5. The number of nitro groups is 1. The number of carbonyl (C=O) groups excluding carboxylic acids is 2. The number of halogens is 1. The van der Waals surface area contributed by atoms with Gasteiger partial charge in [-0.3, -0.25) is 24.2 Å². The fourth-order valence-corrected chi connectivity index (χ4v) is 5.10. The first-order valence-electron chi connectivity index (χ1n) is 10.1. The summed E-state index contributed by atoms with van der Waals surface area (Å²) in [6.45, 7) is 11.7. The van der Waals surface area contributed by atoms with Crippen LogP contribution in [0.1, 0.15) is 47.1 Å². The van der Waals surface area contributed by atoms with E-state index in [1.165, 1.54) is 36.1 Å². The molecule has 1 aromatic carbocycles. The smallest absolute Gasteiger partial charge is 0.412 e. The molecule has 0 bridgehead atoms. The summed E-state index contributed by atoms with van der Waals surface area (Å²) in [7, 11) is 3.16. The Kier molecular flexibility index (Phi) is 7.63. The third-order valence-corrected chi connectivity index (χ3v) is 7.01. The van der Waals surface area contributed by atoms with Crippen LogP contribution in [0.2, 0.25) is 0 Å². The van der Waals surface area contributed by atoms with Crippen molar-refractivity contribution >= 4 is 40.0 Å². The van der Waals surface area contributed by atoms with Crippen LogP contribution in [0, 0.1) is 26.9 Å². The van der Waals surface area contributed by atoms with Crippen molar-refractivity contribution in [2.24, 2.45) is 16.7 Å². The first-order chi connectivity index (χ1) is 14.7. The lowest BCUT2D eigenvalue weighted by Crippen LogP contribution is -2.61. The zero-order valence-electron chi connectivity index (χ0n) is 19.2. The Bertz CT molecular complexity index is 873. The molecule has 1 fully saturated rings. The van der Waals surface area contributed by atoms with E-state index < -0.39 is 22.2 Å². The highest BCUT2D eigenvalue weighted by Crippen LogP contribution is 2.55. The Labute approximate surface area is 196 Å². The summed E-state index contributed by atoms with van der Waals surface area (Å²) in [5.41, 5.74) is -1.57. The number of nitrogens with zero attached hydrogens (tertiary/aromatic N) is 3. The molecule has 9 nitrogen and oxygen atoms in total. The number of rotatable bonds is 6. The number of likely N-dealkylation sites (tertiary alicyclic amines) is 1. The molecular formula is C21H29ClN3O6Si. The van der Waals surface area contributed by atoms with Crippen molar-refractivity contribution in [3.63, 3.8) is 0 Å². The molecule has 1 saturated heterocycles. The normalized spacial score (nSPS) is 22.5. The van der Waals surface area contributed by atoms with Gasteiger partial charge >= 0.3 is 6.09 Å². The fourth-order valence-electron chi connectivity index (χ4n) is 4.50. The van der Waals surface area contributed by atoms with E-state index in [9.17, 15) is 19.7 Å². The molecule has 1 aliphatic rings. The molecule has 32 heavy (non-hydrogen) atoms. The van der Waals surface area contributed by atoms with Crippen molar-refractivity contribution in [3.05, 3.63) is 39.9 Å². The van der Waals surface area contributed by atoms with Gasteiger partial charge in [-0.05, 0) is 29.0 Å². The molecule has 1 aliphatic heterocycles. The molecule has 0 aromatic heterocycles. The molecule has 2 unspecified atom stereocenters. The average Bonchev–Trinajstić information content (AvgIpc) is 2.93. The van der Waals surface area contributed by atoms with Crippen LogP contribution in [-0.4, -0.2) is 55.5 Å². The van der Waals surface area contributed by atoms with Gasteiger partial charge < -0.3 is 9.16 Å². The van der Waals surface area contributed by atoms with Gasteiger partial charge in [-0.1, -0.05) is 34.6 Å². The molecule has 0 spiro atoms. The number of non-ortho nitro benzene ring substituents is 1. The standard InChI is InChI=1S/C21H29ClN3O6Si/c1-14(26)24(22)13-21(31-32)20(5,6)17(19(2,3)4)11-23(21)18(27)30-12-15-7-9-16(10-8-15)25(28)29/h7-10,17H,11-13H2,1-6H3. The number of hydrogen-bond donors (Lipinski definition) is 0. The minimum atomic E-state index is -1.30. The highest BCUT2D eigenvalue weighted by molar-refractivity contribution is 6.21. The van der Waals surface area contributed by atoms with Crippen LogP contribution >= 0.6 is 11.8 Å². The Morgan fingerprint density at radius 1 is 1.31 bits per heavy atom. The quantitative estimate of drug-likeness (QED) is 0.262. The second kappa shape index (κ2) is 9.36. The van der Waals surface area contributed by atoms with Crippen LogP contribution in [0.15, 0.2) is 24.3 Å². The number of ether oxygens (including phenoxy) is 1. The molecule has 0 N–H and O–H groups in total. The molecular weight excluding hydrogens is 454 g/mol. The number of benzene rings is 1. The van der Waals surface area contributed by atoms with Crippen molar-refractivity contribution in [1.29, 1.82) is 0 Å². The lowest BCUT2D eigenvalue weighted by molar-refractivity contribution is -0.384. The first-order valence-corrected chi connectivity index (χ1v) is 10.9. The van der Waals surface area contributed by atoms with Crippen LogP contribution in [0.4, 0.5) is 10.5 Å². The summed E-state index contributed by atoms with van der Waals surface area (Å²) in [5, 5.41) is 10.8. The second-order valence-corrected chi connectivity index (χ2v) is 10.3. The molecule has 11 heteroatoms. The lowest BCUT2D eigenvalue weighted by atomic mass is 9.64. The van der Waals surface area contributed by atoms with Gasteiger partial charge in [0.25, 0.3) is 5.69 Å². The lowest BCUT2D eigenvalue weighted by Gasteiger charge is -2.48. The molecule has 175 valence electrons. The highest BCUT2D eigenvalue weighted by atomic mass is 35.5. The van der Waals surface area contributed by atoms with E-state index in [4.69, 9.17) is 20.9 Å². The van der Waals surface area contributed by atoms with Crippen molar-refractivity contribution in [3.8, 4) is 0 Å². The van der Waals surface area contributed by atoms with E-state index in [-0.39, 0.29) is 36.1 Å². The highest BCUT2D eigenvalue weighted by Gasteiger charge is 2.64. The van der Waals surface area contributed by atoms with Gasteiger partial charge in [0.2, 0.25) is 16.4 Å². The third-order valence-electron chi connectivity index (χ3n) is 6.32. The molecule has 3 radical (unpaired) electrons. The van der Waals surface area contributed by atoms with Crippen LogP contribution in [-0.2, 0) is 20.6 Å². The topological polar surface area (TPSA) is 102 Å². The van der Waals surface area contributed by atoms with Crippen LogP contribution in [0.5, 0.6) is 0 Å². The minimum absolute atomic E-state index is 0.0182. The van der Waals surface area contributed by atoms with E-state index in [2.05, 4.69) is 31.3 Å². The number of amides is 2. The predicted octanol–water partition coefficient (Wildman–Crippen LogP) is 4.03. The summed E-state index contributed by atoms with van der Waals surface area (Å²) in [6, 6.07) is 5.76. The maximum atomic E-state index is 13.2. The molecule has 1 aromatic rings. The van der Waals surface area contributed by atoms with E-state index in [1.54, 1.807) is 0 Å². The Morgan fingerprint density at radius 2 is 1.88 bits per heavy atom. The number of nitro benzene ring substituents is 1. The zero-order valence-corrected chi connectivity index (χ0v) is 20.9. The molecule has 2 atom stereocenters. The van der Waals surface area contributed by atoms with Gasteiger partial charge in [-0.2, -0.15) is 0 Å². The maximum Gasteiger partial charge on any atom is 0.412 e. The van der Waals surface area contributed by atoms with E-state index >= 15 is 0 Å². The fraction of sp³-hybridized carbons (Fsp3) is 0.619. The molecule has 1 heterocycles. The second-order valence-electron chi connectivity index (χ2n) is 9.65. The van der Waals surface area contributed by atoms with Crippen molar-refractivity contribution in [1.82, 2.24) is 9.32 Å². The van der Waals surface area contributed by atoms with Crippen molar-refractivity contribution < 1.29 is 23.7 Å². The number of carbonyl (C=O) groups is 2. The summed E-state index contributed by atoms with van der Waals surface area (Å²) < 4.78 is 12.3. The number of hydrogen-bond acceptors (Lipinski definition) is 6. The monoisotopic (exact) mass is 482 g/mol. The van der Waals surface area contributed by atoms with Crippen LogP contribution in [0.3, 0.4) is 0 Å². The minimum Gasteiger partial charge on any atom is -0.444 e. The average molecular weight is 483 g/mol. The van der Waals surface area contributed by atoms with Gasteiger partial charge in [0.1, 0.15) is 6.61 Å². The summed E-state index contributed by atoms with van der Waals surface area (Å²) >= 11 is 6.19. The Balaban J connectivity index is 2.34. The van der Waals surface area contributed by atoms with Crippen molar-refractivity contribution in [2.45, 2.75) is 53.9 Å².